The molecule has 45 heavy (non-hydrogen) atoms. The second-order valence-electron chi connectivity index (χ2n) is 11.2. The van der Waals surface area contributed by atoms with Gasteiger partial charge in [0.25, 0.3) is 0 Å². The molecule has 7 rings (SSSR count). The Morgan fingerprint density at radius 3 is 1.78 bits per heavy atom. The van der Waals surface area contributed by atoms with E-state index < -0.39 is 0 Å². The average molecular weight is 585 g/mol. The third-order valence-corrected chi connectivity index (χ3v) is 8.49. The van der Waals surface area contributed by atoms with Crippen LogP contribution in [-0.4, -0.2) is 19.1 Å². The molecular weight excluding hydrogens is 552 g/mol. The maximum Gasteiger partial charge on any atom is 0.146 e. The van der Waals surface area contributed by atoms with Gasteiger partial charge >= 0.3 is 0 Å². The minimum atomic E-state index is 0.566. The molecule has 0 aliphatic rings. The van der Waals surface area contributed by atoms with E-state index in [1.165, 1.54) is 5.56 Å². The molecule has 0 bridgehead atoms. The fourth-order valence-corrected chi connectivity index (χ4v) is 6.20. The summed E-state index contributed by atoms with van der Waals surface area (Å²) in [5.74, 6) is 1.38. The monoisotopic (exact) mass is 584 g/mol. The Balaban J connectivity index is 1.47. The highest BCUT2D eigenvalue weighted by atomic mass is 15.2. The lowest BCUT2D eigenvalue weighted by Gasteiger charge is -2.16. The third kappa shape index (κ3) is 5.15. The summed E-state index contributed by atoms with van der Waals surface area (Å²) in [6.07, 6.45) is 1.61. The van der Waals surface area contributed by atoms with Crippen molar-refractivity contribution >= 4 is 22.7 Å². The minimum absolute atomic E-state index is 0.566. The number of aromatic nitrogens is 4. The fraction of sp³-hybridized carbons (Fsp3) is 0.103. The molecule has 3 aromatic heterocycles. The Bertz CT molecular complexity index is 2140. The molecule has 0 atom stereocenters. The summed E-state index contributed by atoms with van der Waals surface area (Å²) in [6, 6.07) is 43.8. The molecule has 7 aromatic rings. The molecular formula is C39H32N6. The van der Waals surface area contributed by atoms with Gasteiger partial charge in [-0.2, -0.15) is 5.26 Å². The van der Waals surface area contributed by atoms with Gasteiger partial charge in [-0.1, -0.05) is 121 Å². The van der Waals surface area contributed by atoms with E-state index in [-0.39, 0.29) is 0 Å². The maximum atomic E-state index is 10.8. The van der Waals surface area contributed by atoms with Crippen LogP contribution in [0.25, 0.3) is 33.4 Å². The summed E-state index contributed by atoms with van der Waals surface area (Å²) in [5, 5.41) is 15.5. The van der Waals surface area contributed by atoms with E-state index in [1.54, 1.807) is 6.33 Å². The molecule has 0 saturated carbocycles. The number of hydrogen-bond donors (Lipinski definition) is 1. The van der Waals surface area contributed by atoms with Crippen molar-refractivity contribution in [1.29, 1.82) is 5.26 Å². The van der Waals surface area contributed by atoms with E-state index in [0.29, 0.717) is 30.3 Å². The lowest BCUT2D eigenvalue weighted by atomic mass is 9.98. The van der Waals surface area contributed by atoms with Gasteiger partial charge in [0.2, 0.25) is 0 Å². The fourth-order valence-electron chi connectivity index (χ4n) is 6.20. The predicted molar refractivity (Wildman–Crippen MR) is 181 cm³/mol. The topological polar surface area (TPSA) is 71.5 Å². The third-order valence-electron chi connectivity index (χ3n) is 8.49. The quantitative estimate of drug-likeness (QED) is 0.194. The first-order valence-corrected chi connectivity index (χ1v) is 15.1. The second-order valence-corrected chi connectivity index (χ2v) is 11.2. The summed E-state index contributed by atoms with van der Waals surface area (Å²) in [5.41, 5.74) is 9.88. The number of nitriles is 1. The lowest BCUT2D eigenvalue weighted by Crippen LogP contribution is -2.08. The Morgan fingerprint density at radius 2 is 1.20 bits per heavy atom. The zero-order chi connectivity index (χ0) is 30.8. The molecule has 0 saturated heterocycles. The van der Waals surface area contributed by atoms with Gasteiger partial charge in [0.05, 0.1) is 11.1 Å². The van der Waals surface area contributed by atoms with Crippen LogP contribution in [-0.2, 0) is 13.1 Å². The molecule has 0 aliphatic heterocycles. The molecule has 6 nitrogen and oxygen atoms in total. The van der Waals surface area contributed by atoms with Crippen molar-refractivity contribution in [1.82, 2.24) is 19.1 Å². The summed E-state index contributed by atoms with van der Waals surface area (Å²) >= 11 is 0. The zero-order valence-corrected chi connectivity index (χ0v) is 25.3. The number of rotatable bonds is 8. The first-order valence-electron chi connectivity index (χ1n) is 15.1. The van der Waals surface area contributed by atoms with Crippen molar-refractivity contribution in [2.75, 3.05) is 5.32 Å². The van der Waals surface area contributed by atoms with Crippen LogP contribution in [0, 0.1) is 25.2 Å². The molecule has 6 heteroatoms. The molecule has 3 heterocycles. The van der Waals surface area contributed by atoms with E-state index in [2.05, 4.69) is 95.0 Å². The molecule has 0 aliphatic carbocycles. The molecule has 218 valence electrons. The van der Waals surface area contributed by atoms with Crippen molar-refractivity contribution in [3.63, 3.8) is 0 Å². The summed E-state index contributed by atoms with van der Waals surface area (Å²) < 4.78 is 4.47. The average Bonchev–Trinajstić information content (AvgIpc) is 3.53. The first kappa shape index (κ1) is 27.9. The van der Waals surface area contributed by atoms with E-state index in [0.717, 1.165) is 50.2 Å². The van der Waals surface area contributed by atoms with Crippen molar-refractivity contribution in [3.8, 4) is 28.5 Å². The van der Waals surface area contributed by atoms with Crippen LogP contribution < -0.4 is 5.32 Å². The van der Waals surface area contributed by atoms with Crippen LogP contribution in [0.2, 0.25) is 0 Å². The van der Waals surface area contributed by atoms with Gasteiger partial charge < -0.3 is 14.5 Å². The van der Waals surface area contributed by atoms with Crippen LogP contribution in [0.5, 0.6) is 0 Å². The molecule has 0 radical (unpaired) electrons. The van der Waals surface area contributed by atoms with Gasteiger partial charge in [-0.25, -0.2) is 9.97 Å². The number of fused-ring (bicyclic) bond motifs is 1. The zero-order valence-electron chi connectivity index (χ0n) is 25.3. The number of hydrogen-bond acceptors (Lipinski definition) is 4. The van der Waals surface area contributed by atoms with Crippen LogP contribution in [0.15, 0.2) is 128 Å². The Labute approximate surface area is 262 Å². The molecule has 0 spiro atoms. The number of aryl methyl sites for hydroxylation is 1. The smallest absolute Gasteiger partial charge is 0.146 e. The van der Waals surface area contributed by atoms with Crippen LogP contribution >= 0.6 is 0 Å². The van der Waals surface area contributed by atoms with E-state index >= 15 is 0 Å². The molecule has 0 fully saturated rings. The van der Waals surface area contributed by atoms with E-state index in [4.69, 9.17) is 9.97 Å². The molecule has 0 amide bonds. The lowest BCUT2D eigenvalue weighted by molar-refractivity contribution is 0.790. The van der Waals surface area contributed by atoms with Crippen LogP contribution in [0.1, 0.15) is 27.9 Å². The van der Waals surface area contributed by atoms with Crippen molar-refractivity contribution in [2.45, 2.75) is 26.9 Å². The number of anilines is 2. The van der Waals surface area contributed by atoms with Gasteiger partial charge in [-0.15, -0.1) is 0 Å². The number of benzene rings is 4. The predicted octanol–water partition coefficient (Wildman–Crippen LogP) is 8.90. The van der Waals surface area contributed by atoms with Gasteiger partial charge in [-0.3, -0.25) is 0 Å². The maximum absolute atomic E-state index is 10.8. The molecule has 0 unspecified atom stereocenters. The second kappa shape index (κ2) is 12.0. The number of nitrogens with zero attached hydrogens (tertiary/aromatic N) is 5. The normalized spacial score (nSPS) is 11.0. The van der Waals surface area contributed by atoms with E-state index in [1.807, 2.05) is 60.7 Å². The van der Waals surface area contributed by atoms with Crippen LogP contribution in [0.4, 0.5) is 11.6 Å². The minimum Gasteiger partial charge on any atom is -0.325 e. The molecule has 1 N–H and O–H groups in total. The SMILES string of the molecule is Cc1c(C)n(Cc2ccccc2)c2ncnc(Nc3c(C#N)c(-c4ccccc4)c(-c4ccccc4)n3Cc3ccccc3)c12. The van der Waals surface area contributed by atoms with E-state index in [9.17, 15) is 5.26 Å². The highest BCUT2D eigenvalue weighted by molar-refractivity contribution is 5.97. The summed E-state index contributed by atoms with van der Waals surface area (Å²) in [6.45, 7) is 5.52. The Kier molecular flexibility index (Phi) is 7.42. The van der Waals surface area contributed by atoms with Gasteiger partial charge in [0.15, 0.2) is 0 Å². The first-order chi connectivity index (χ1) is 22.1. The van der Waals surface area contributed by atoms with Crippen molar-refractivity contribution in [2.24, 2.45) is 0 Å². The largest absolute Gasteiger partial charge is 0.325 e. The Hall–Kier alpha value is -5.93. The van der Waals surface area contributed by atoms with Crippen LogP contribution in [0.3, 0.4) is 0 Å². The highest BCUT2D eigenvalue weighted by Gasteiger charge is 2.27. The van der Waals surface area contributed by atoms with Gasteiger partial charge in [0.1, 0.15) is 35.2 Å². The summed E-state index contributed by atoms with van der Waals surface area (Å²) in [4.78, 5) is 9.53. The Morgan fingerprint density at radius 1 is 0.667 bits per heavy atom. The standard InChI is InChI=1S/C39H32N6/c1-27-28(2)44(24-29-15-7-3-8-16-29)39-34(27)37(41-26-42-39)43-38-33(23-40)35(31-19-11-5-12-20-31)36(32-21-13-6-14-22-32)45(38)25-30-17-9-4-10-18-30/h3-22,26H,24-25H2,1-2H3,(H,41,42,43). The van der Waals surface area contributed by atoms with Gasteiger partial charge in [-0.05, 0) is 41.7 Å². The number of nitrogens with one attached hydrogen (secondary N) is 1. The van der Waals surface area contributed by atoms with Gasteiger partial charge in [0, 0.05) is 24.3 Å². The van der Waals surface area contributed by atoms with Crippen molar-refractivity contribution in [3.05, 3.63) is 156 Å². The molecule has 4 aromatic carbocycles. The van der Waals surface area contributed by atoms with Crippen molar-refractivity contribution < 1.29 is 0 Å². The highest BCUT2D eigenvalue weighted by Crippen LogP contribution is 2.43. The summed E-state index contributed by atoms with van der Waals surface area (Å²) in [7, 11) is 0.